The van der Waals surface area contributed by atoms with Crippen molar-refractivity contribution in [3.8, 4) is 0 Å². The van der Waals surface area contributed by atoms with Gasteiger partial charge in [0, 0.05) is 11.9 Å². The molecule has 0 saturated heterocycles. The van der Waals surface area contributed by atoms with Crippen LogP contribution in [-0.4, -0.2) is 20.3 Å². The van der Waals surface area contributed by atoms with Crippen LogP contribution >= 0.6 is 11.6 Å². The molecule has 0 spiro atoms. The SMILES string of the molecule is Cc1cccc(S(=O)(=O)NC2CCCC2CCl)c1. The molecule has 1 aromatic carbocycles. The molecular formula is C13H18ClNO2S. The van der Waals surface area contributed by atoms with Crippen molar-refractivity contribution in [2.45, 2.75) is 37.1 Å². The molecule has 0 radical (unpaired) electrons. The van der Waals surface area contributed by atoms with Gasteiger partial charge >= 0.3 is 0 Å². The van der Waals surface area contributed by atoms with Crippen LogP contribution in [-0.2, 0) is 10.0 Å². The number of hydrogen-bond acceptors (Lipinski definition) is 2. The van der Waals surface area contributed by atoms with E-state index in [9.17, 15) is 8.42 Å². The van der Waals surface area contributed by atoms with Crippen molar-refractivity contribution >= 4 is 21.6 Å². The van der Waals surface area contributed by atoms with Gasteiger partial charge in [-0.3, -0.25) is 0 Å². The van der Waals surface area contributed by atoms with Crippen LogP contribution in [0.3, 0.4) is 0 Å². The van der Waals surface area contributed by atoms with Crippen molar-refractivity contribution < 1.29 is 8.42 Å². The molecule has 3 nitrogen and oxygen atoms in total. The van der Waals surface area contributed by atoms with Gasteiger partial charge in [0.2, 0.25) is 10.0 Å². The molecule has 1 aromatic rings. The molecule has 1 aliphatic carbocycles. The first kappa shape index (κ1) is 13.8. The van der Waals surface area contributed by atoms with E-state index in [4.69, 9.17) is 11.6 Å². The maximum absolute atomic E-state index is 12.2. The third-order valence-electron chi connectivity index (χ3n) is 3.46. The molecule has 2 unspecified atom stereocenters. The monoisotopic (exact) mass is 287 g/mol. The summed E-state index contributed by atoms with van der Waals surface area (Å²) < 4.78 is 27.3. The smallest absolute Gasteiger partial charge is 0.208 e. The van der Waals surface area contributed by atoms with E-state index >= 15 is 0 Å². The quantitative estimate of drug-likeness (QED) is 0.866. The summed E-state index contributed by atoms with van der Waals surface area (Å²) in [6.45, 7) is 1.89. The number of aryl methyl sites for hydroxylation is 1. The van der Waals surface area contributed by atoms with E-state index in [0.717, 1.165) is 24.8 Å². The van der Waals surface area contributed by atoms with Gasteiger partial charge in [-0.2, -0.15) is 0 Å². The van der Waals surface area contributed by atoms with Crippen molar-refractivity contribution in [1.29, 1.82) is 0 Å². The second-order valence-corrected chi connectivity index (χ2v) is 6.91. The third-order valence-corrected chi connectivity index (χ3v) is 5.35. The van der Waals surface area contributed by atoms with Crippen LogP contribution in [0.5, 0.6) is 0 Å². The average Bonchev–Trinajstić information content (AvgIpc) is 2.75. The number of alkyl halides is 1. The summed E-state index contributed by atoms with van der Waals surface area (Å²) in [5.41, 5.74) is 0.943. The summed E-state index contributed by atoms with van der Waals surface area (Å²) >= 11 is 5.87. The molecule has 5 heteroatoms. The van der Waals surface area contributed by atoms with E-state index in [1.807, 2.05) is 13.0 Å². The van der Waals surface area contributed by atoms with Crippen molar-refractivity contribution in [2.75, 3.05) is 5.88 Å². The zero-order chi connectivity index (χ0) is 13.2. The minimum Gasteiger partial charge on any atom is -0.208 e. The summed E-state index contributed by atoms with van der Waals surface area (Å²) in [6.07, 6.45) is 2.92. The van der Waals surface area contributed by atoms with E-state index in [2.05, 4.69) is 4.72 Å². The molecule has 1 aliphatic rings. The standard InChI is InChI=1S/C13H18ClNO2S/c1-10-4-2-6-12(8-10)18(16,17)15-13-7-3-5-11(13)9-14/h2,4,6,8,11,13,15H,3,5,7,9H2,1H3. The Morgan fingerprint density at radius 2 is 2.17 bits per heavy atom. The Morgan fingerprint density at radius 3 is 2.83 bits per heavy atom. The minimum atomic E-state index is -3.42. The van der Waals surface area contributed by atoms with E-state index < -0.39 is 10.0 Å². The highest BCUT2D eigenvalue weighted by Crippen LogP contribution is 2.28. The second-order valence-electron chi connectivity index (χ2n) is 4.89. The Hall–Kier alpha value is -0.580. The molecule has 2 atom stereocenters. The lowest BCUT2D eigenvalue weighted by atomic mass is 10.1. The summed E-state index contributed by atoms with van der Waals surface area (Å²) in [6, 6.07) is 6.94. The van der Waals surface area contributed by atoms with Gasteiger partial charge in [-0.25, -0.2) is 13.1 Å². The van der Waals surface area contributed by atoms with Crippen LogP contribution in [0.25, 0.3) is 0 Å². The molecule has 18 heavy (non-hydrogen) atoms. The zero-order valence-electron chi connectivity index (χ0n) is 10.4. The van der Waals surface area contributed by atoms with Gasteiger partial charge in [0.15, 0.2) is 0 Å². The van der Waals surface area contributed by atoms with Crippen molar-refractivity contribution in [3.05, 3.63) is 29.8 Å². The van der Waals surface area contributed by atoms with Crippen LogP contribution < -0.4 is 4.72 Å². The maximum atomic E-state index is 12.2. The fourth-order valence-corrected chi connectivity index (χ4v) is 4.24. The highest BCUT2D eigenvalue weighted by Gasteiger charge is 2.30. The number of nitrogens with one attached hydrogen (secondary N) is 1. The Morgan fingerprint density at radius 1 is 1.39 bits per heavy atom. The molecular weight excluding hydrogens is 270 g/mol. The number of halogens is 1. The number of hydrogen-bond donors (Lipinski definition) is 1. The molecule has 2 rings (SSSR count). The van der Waals surface area contributed by atoms with E-state index in [1.165, 1.54) is 0 Å². The third kappa shape index (κ3) is 3.05. The van der Waals surface area contributed by atoms with E-state index in [1.54, 1.807) is 18.2 Å². The van der Waals surface area contributed by atoms with Crippen molar-refractivity contribution in [1.82, 2.24) is 4.72 Å². The Kier molecular flexibility index (Phi) is 4.30. The van der Waals surface area contributed by atoms with Crippen molar-refractivity contribution in [3.63, 3.8) is 0 Å². The molecule has 0 aliphatic heterocycles. The minimum absolute atomic E-state index is 0.0204. The topological polar surface area (TPSA) is 46.2 Å². The molecule has 1 N–H and O–H groups in total. The Balaban J connectivity index is 2.17. The molecule has 0 heterocycles. The molecule has 1 saturated carbocycles. The van der Waals surface area contributed by atoms with Crippen LogP contribution in [0, 0.1) is 12.8 Å². The van der Waals surface area contributed by atoms with Crippen LogP contribution in [0.1, 0.15) is 24.8 Å². The lowest BCUT2D eigenvalue weighted by Crippen LogP contribution is -2.37. The predicted molar refractivity (Wildman–Crippen MR) is 73.3 cm³/mol. The van der Waals surface area contributed by atoms with E-state index in [-0.39, 0.29) is 12.0 Å². The number of benzene rings is 1. The molecule has 0 bridgehead atoms. The molecule has 0 amide bonds. The predicted octanol–water partition coefficient (Wildman–Crippen LogP) is 2.68. The van der Waals surface area contributed by atoms with Gasteiger partial charge in [0.25, 0.3) is 0 Å². The van der Waals surface area contributed by atoms with Gasteiger partial charge in [-0.1, -0.05) is 18.6 Å². The molecule has 1 fully saturated rings. The number of sulfonamides is 1. The zero-order valence-corrected chi connectivity index (χ0v) is 12.0. The van der Waals surface area contributed by atoms with Crippen LogP contribution in [0.2, 0.25) is 0 Å². The Bertz CT molecular complexity index is 515. The normalized spacial score (nSPS) is 24.3. The first-order chi connectivity index (χ1) is 8.53. The highest BCUT2D eigenvalue weighted by atomic mass is 35.5. The summed E-state index contributed by atoms with van der Waals surface area (Å²) in [5, 5.41) is 0. The maximum Gasteiger partial charge on any atom is 0.240 e. The largest absolute Gasteiger partial charge is 0.240 e. The average molecular weight is 288 g/mol. The summed E-state index contributed by atoms with van der Waals surface area (Å²) in [7, 11) is -3.42. The first-order valence-corrected chi connectivity index (χ1v) is 8.19. The summed E-state index contributed by atoms with van der Waals surface area (Å²) in [5.74, 6) is 0.771. The highest BCUT2D eigenvalue weighted by molar-refractivity contribution is 7.89. The molecule has 100 valence electrons. The van der Waals surface area contributed by atoms with Gasteiger partial charge in [0.1, 0.15) is 0 Å². The van der Waals surface area contributed by atoms with E-state index in [0.29, 0.717) is 10.8 Å². The molecule has 0 aromatic heterocycles. The second kappa shape index (κ2) is 5.59. The van der Waals surface area contributed by atoms with Gasteiger partial charge in [-0.15, -0.1) is 11.6 Å². The Labute approximate surface area is 114 Å². The van der Waals surface area contributed by atoms with Gasteiger partial charge in [0.05, 0.1) is 4.90 Å². The van der Waals surface area contributed by atoms with Crippen LogP contribution in [0.4, 0.5) is 0 Å². The first-order valence-electron chi connectivity index (χ1n) is 6.18. The fraction of sp³-hybridized carbons (Fsp3) is 0.538. The van der Waals surface area contributed by atoms with Gasteiger partial charge < -0.3 is 0 Å². The van der Waals surface area contributed by atoms with Crippen molar-refractivity contribution in [2.24, 2.45) is 5.92 Å². The lowest BCUT2D eigenvalue weighted by Gasteiger charge is -2.19. The summed E-state index contributed by atoms with van der Waals surface area (Å²) in [4.78, 5) is 0.336. The number of rotatable bonds is 4. The fourth-order valence-electron chi connectivity index (χ4n) is 2.43. The lowest BCUT2D eigenvalue weighted by molar-refractivity contribution is 0.480. The van der Waals surface area contributed by atoms with Gasteiger partial charge in [-0.05, 0) is 43.4 Å². The van der Waals surface area contributed by atoms with Crippen LogP contribution in [0.15, 0.2) is 29.2 Å².